The van der Waals surface area contributed by atoms with Crippen LogP contribution < -0.4 is 0 Å². The van der Waals surface area contributed by atoms with Gasteiger partial charge in [0.1, 0.15) is 10.6 Å². The molecule has 0 heterocycles. The number of hydrogen-bond acceptors (Lipinski definition) is 4. The van der Waals surface area contributed by atoms with Gasteiger partial charge in [-0.25, -0.2) is 0 Å². The fourth-order valence-electron chi connectivity index (χ4n) is 2.33. The number of ketones is 1. The molecule has 124 valence electrons. The highest BCUT2D eigenvalue weighted by Gasteiger charge is 2.20. The molecule has 0 radical (unpaired) electrons. The number of phenolic OH excluding ortho intramolecular Hbond substituents is 1. The smallest absolute Gasteiger partial charge is 0.298 e. The summed E-state index contributed by atoms with van der Waals surface area (Å²) in [5.74, 6) is -0.977. The van der Waals surface area contributed by atoms with Gasteiger partial charge in [-0.15, -0.1) is 0 Å². The number of carbonyl (C=O) groups is 1. The van der Waals surface area contributed by atoms with Crippen molar-refractivity contribution in [3.05, 3.63) is 23.8 Å². The Morgan fingerprint density at radius 1 is 1.05 bits per heavy atom. The molecule has 6 heteroatoms. The average Bonchev–Trinajstić information content (AvgIpc) is 2.45. The highest BCUT2D eigenvalue weighted by molar-refractivity contribution is 7.86. The Labute approximate surface area is 132 Å². The maximum absolute atomic E-state index is 12.0. The number of hydrogen-bond donors (Lipinski definition) is 2. The number of Topliss-reactive ketones (excluding diaryl/α,β-unsaturated/α-hetero) is 1. The van der Waals surface area contributed by atoms with Crippen LogP contribution in [0.25, 0.3) is 0 Å². The summed E-state index contributed by atoms with van der Waals surface area (Å²) in [4.78, 5) is 11.4. The van der Waals surface area contributed by atoms with Gasteiger partial charge < -0.3 is 5.11 Å². The lowest BCUT2D eigenvalue weighted by atomic mass is 10.0. The summed E-state index contributed by atoms with van der Waals surface area (Å²) in [6.07, 6.45) is 7.78. The van der Waals surface area contributed by atoms with Crippen LogP contribution in [0.2, 0.25) is 0 Å². The normalized spacial score (nSPS) is 11.5. The van der Waals surface area contributed by atoms with E-state index in [-0.39, 0.29) is 17.8 Å². The second kappa shape index (κ2) is 8.90. The van der Waals surface area contributed by atoms with Gasteiger partial charge in [-0.05, 0) is 18.6 Å². The monoisotopic (exact) mass is 328 g/mol. The highest BCUT2D eigenvalue weighted by atomic mass is 32.2. The average molecular weight is 328 g/mol. The second-order valence-corrected chi connectivity index (χ2v) is 6.81. The molecule has 0 spiro atoms. The van der Waals surface area contributed by atoms with Crippen LogP contribution in [0.1, 0.15) is 68.6 Å². The Morgan fingerprint density at radius 2 is 1.64 bits per heavy atom. The predicted octanol–water partition coefficient (Wildman–Crippen LogP) is 3.96. The first kappa shape index (κ1) is 18.6. The van der Waals surface area contributed by atoms with Gasteiger partial charge in [-0.3, -0.25) is 9.35 Å². The molecule has 1 aromatic carbocycles. The summed E-state index contributed by atoms with van der Waals surface area (Å²) in [5.41, 5.74) is -0.0545. The zero-order valence-corrected chi connectivity index (χ0v) is 13.7. The maximum atomic E-state index is 12.0. The Bertz CT molecular complexity index is 593. The van der Waals surface area contributed by atoms with Crippen molar-refractivity contribution in [3.8, 4) is 5.75 Å². The molecular weight excluding hydrogens is 304 g/mol. The van der Waals surface area contributed by atoms with Gasteiger partial charge >= 0.3 is 0 Å². The van der Waals surface area contributed by atoms with Crippen molar-refractivity contribution >= 4 is 15.9 Å². The highest BCUT2D eigenvalue weighted by Crippen LogP contribution is 2.28. The molecule has 0 atom stereocenters. The van der Waals surface area contributed by atoms with Crippen molar-refractivity contribution in [1.82, 2.24) is 0 Å². The van der Waals surface area contributed by atoms with Crippen LogP contribution in [0.5, 0.6) is 5.75 Å². The van der Waals surface area contributed by atoms with Crippen molar-refractivity contribution in [3.63, 3.8) is 0 Å². The van der Waals surface area contributed by atoms with Crippen LogP contribution >= 0.6 is 0 Å². The number of para-hydroxylation sites is 1. The van der Waals surface area contributed by atoms with Crippen molar-refractivity contribution in [1.29, 1.82) is 0 Å². The number of rotatable bonds is 10. The summed E-state index contributed by atoms with van der Waals surface area (Å²) >= 11 is 0. The minimum atomic E-state index is -4.53. The minimum absolute atomic E-state index is 0.0545. The summed E-state index contributed by atoms with van der Waals surface area (Å²) in [5, 5.41) is 9.83. The van der Waals surface area contributed by atoms with Crippen molar-refractivity contribution < 1.29 is 22.9 Å². The summed E-state index contributed by atoms with van der Waals surface area (Å²) in [6.45, 7) is 2.16. The zero-order chi connectivity index (χ0) is 16.6. The van der Waals surface area contributed by atoms with Gasteiger partial charge in [0.2, 0.25) is 0 Å². The van der Waals surface area contributed by atoms with Gasteiger partial charge in [-0.2, -0.15) is 8.42 Å². The molecule has 0 amide bonds. The number of carbonyl (C=O) groups excluding carboxylic acids is 1. The van der Waals surface area contributed by atoms with E-state index in [1.54, 1.807) is 0 Å². The van der Waals surface area contributed by atoms with E-state index in [9.17, 15) is 18.3 Å². The van der Waals surface area contributed by atoms with Gasteiger partial charge in [0.25, 0.3) is 10.1 Å². The first-order valence-electron chi connectivity index (χ1n) is 7.70. The summed E-state index contributed by atoms with van der Waals surface area (Å²) in [6, 6.07) is 3.77. The molecule has 0 saturated heterocycles. The molecule has 0 aromatic heterocycles. The SMILES string of the molecule is CCCCCCCCCC(=O)c1cccc(S(=O)(=O)O)c1O. The van der Waals surface area contributed by atoms with Crippen molar-refractivity contribution in [2.45, 2.75) is 63.2 Å². The fourth-order valence-corrected chi connectivity index (χ4v) is 2.94. The third-order valence-electron chi connectivity index (χ3n) is 3.58. The van der Waals surface area contributed by atoms with Gasteiger partial charge in [0, 0.05) is 6.42 Å². The van der Waals surface area contributed by atoms with Crippen LogP contribution in [0.4, 0.5) is 0 Å². The van der Waals surface area contributed by atoms with E-state index in [1.165, 1.54) is 31.4 Å². The molecule has 2 N–H and O–H groups in total. The molecular formula is C16H24O5S. The molecule has 0 aliphatic rings. The number of aromatic hydroxyl groups is 1. The second-order valence-electron chi connectivity index (χ2n) is 5.42. The van der Waals surface area contributed by atoms with E-state index in [0.29, 0.717) is 6.42 Å². The van der Waals surface area contributed by atoms with Crippen LogP contribution in [-0.2, 0) is 10.1 Å². The van der Waals surface area contributed by atoms with Crippen molar-refractivity contribution in [2.75, 3.05) is 0 Å². The van der Waals surface area contributed by atoms with E-state index in [2.05, 4.69) is 6.92 Å². The van der Waals surface area contributed by atoms with E-state index >= 15 is 0 Å². The largest absolute Gasteiger partial charge is 0.506 e. The first-order valence-corrected chi connectivity index (χ1v) is 9.14. The molecule has 0 aliphatic heterocycles. The standard InChI is InChI=1S/C16H24O5S/c1-2-3-4-5-6-7-8-11-14(17)13-10-9-12-15(16(13)18)22(19,20)21/h9-10,12,18H,2-8,11H2,1H3,(H,19,20,21). The minimum Gasteiger partial charge on any atom is -0.506 e. The molecule has 22 heavy (non-hydrogen) atoms. The van der Waals surface area contributed by atoms with Crippen LogP contribution in [0.15, 0.2) is 23.1 Å². The Kier molecular flexibility index (Phi) is 7.55. The van der Waals surface area contributed by atoms with E-state index in [4.69, 9.17) is 4.55 Å². The topological polar surface area (TPSA) is 91.7 Å². The number of phenols is 1. The summed E-state index contributed by atoms with van der Waals surface area (Å²) in [7, 11) is -4.53. The zero-order valence-electron chi connectivity index (χ0n) is 12.9. The van der Waals surface area contributed by atoms with E-state index < -0.39 is 20.8 Å². The lowest BCUT2D eigenvalue weighted by molar-refractivity contribution is 0.0976. The van der Waals surface area contributed by atoms with Crippen LogP contribution in [0, 0.1) is 0 Å². The van der Waals surface area contributed by atoms with Crippen LogP contribution in [-0.4, -0.2) is 23.9 Å². The van der Waals surface area contributed by atoms with E-state index in [1.807, 2.05) is 0 Å². The molecule has 5 nitrogen and oxygen atoms in total. The number of benzene rings is 1. The third kappa shape index (κ3) is 5.77. The molecule has 1 aromatic rings. The fraction of sp³-hybridized carbons (Fsp3) is 0.562. The van der Waals surface area contributed by atoms with Gasteiger partial charge in [-0.1, -0.05) is 51.5 Å². The lowest BCUT2D eigenvalue weighted by Crippen LogP contribution is -2.04. The Hall–Kier alpha value is -1.40. The summed E-state index contributed by atoms with van der Waals surface area (Å²) < 4.78 is 31.2. The number of unbranched alkanes of at least 4 members (excludes halogenated alkanes) is 6. The van der Waals surface area contributed by atoms with Crippen molar-refractivity contribution in [2.24, 2.45) is 0 Å². The lowest BCUT2D eigenvalue weighted by Gasteiger charge is -2.07. The van der Waals surface area contributed by atoms with Gasteiger partial charge in [0.05, 0.1) is 5.56 Å². The quantitative estimate of drug-likeness (QED) is 0.385. The van der Waals surface area contributed by atoms with Crippen LogP contribution in [0.3, 0.4) is 0 Å². The molecule has 0 aliphatic carbocycles. The van der Waals surface area contributed by atoms with E-state index in [0.717, 1.165) is 25.3 Å². The Balaban J connectivity index is 2.53. The molecule has 0 unspecified atom stereocenters. The molecule has 0 bridgehead atoms. The third-order valence-corrected chi connectivity index (χ3v) is 4.47. The first-order chi connectivity index (χ1) is 10.4. The molecule has 0 fully saturated rings. The molecule has 0 saturated carbocycles. The molecule has 1 rings (SSSR count). The van der Waals surface area contributed by atoms with Gasteiger partial charge in [0.15, 0.2) is 5.78 Å². The maximum Gasteiger partial charge on any atom is 0.298 e. The Morgan fingerprint density at radius 3 is 2.23 bits per heavy atom. The predicted molar refractivity (Wildman–Crippen MR) is 84.9 cm³/mol.